The summed E-state index contributed by atoms with van der Waals surface area (Å²) in [6.07, 6.45) is 0.454. The summed E-state index contributed by atoms with van der Waals surface area (Å²) in [6.45, 7) is 0.127. The third-order valence-electron chi connectivity index (χ3n) is 3.48. The molecule has 0 spiro atoms. The van der Waals surface area contributed by atoms with E-state index in [0.717, 1.165) is 22.6 Å². The number of amides is 1. The van der Waals surface area contributed by atoms with E-state index in [0.29, 0.717) is 6.42 Å². The molecule has 0 unspecified atom stereocenters. The van der Waals surface area contributed by atoms with Gasteiger partial charge in [0.05, 0.1) is 11.3 Å². The van der Waals surface area contributed by atoms with Gasteiger partial charge < -0.3 is 4.90 Å². The van der Waals surface area contributed by atoms with Gasteiger partial charge in [-0.1, -0.05) is 30.3 Å². The second-order valence-corrected chi connectivity index (χ2v) is 4.77. The van der Waals surface area contributed by atoms with Crippen LogP contribution in [0.1, 0.15) is 15.9 Å². The van der Waals surface area contributed by atoms with Gasteiger partial charge in [0.2, 0.25) is 0 Å². The van der Waals surface area contributed by atoms with Crippen molar-refractivity contribution in [1.29, 1.82) is 0 Å². The second kappa shape index (κ2) is 5.09. The summed E-state index contributed by atoms with van der Waals surface area (Å²) in [6, 6.07) is 11.1. The lowest BCUT2D eigenvalue weighted by Crippen LogP contribution is -2.32. The van der Waals surface area contributed by atoms with E-state index in [1.54, 1.807) is 0 Å². The number of hydrogen-bond donors (Lipinski definition) is 0. The first-order valence-electron chi connectivity index (χ1n) is 6.47. The molecule has 3 nitrogen and oxygen atoms in total. The summed E-state index contributed by atoms with van der Waals surface area (Å²) in [4.78, 5) is 24.7. The summed E-state index contributed by atoms with van der Waals surface area (Å²) >= 11 is 0. The Balaban J connectivity index is 1.93. The highest BCUT2D eigenvalue weighted by molar-refractivity contribution is 6.52. The maximum absolute atomic E-state index is 13.9. The molecule has 0 N–H and O–H groups in total. The normalized spacial score (nSPS) is 13.7. The number of halogens is 2. The number of ketones is 1. The molecule has 0 fully saturated rings. The summed E-state index contributed by atoms with van der Waals surface area (Å²) in [5, 5.41) is 0. The lowest BCUT2D eigenvalue weighted by atomic mass is 10.1. The van der Waals surface area contributed by atoms with Crippen molar-refractivity contribution in [3.8, 4) is 0 Å². The monoisotopic (exact) mass is 287 g/mol. The Morgan fingerprint density at radius 2 is 1.57 bits per heavy atom. The standard InChI is InChI=1S/C16H11F2NO2/c17-11-6-7-12(18)14-13(11)15(20)16(21)19(14)9-8-10-4-2-1-3-5-10/h1-7H,8-9H2. The van der Waals surface area contributed by atoms with Gasteiger partial charge >= 0.3 is 0 Å². The number of hydrogen-bond acceptors (Lipinski definition) is 2. The van der Waals surface area contributed by atoms with Crippen molar-refractivity contribution in [2.75, 3.05) is 11.4 Å². The Kier molecular flexibility index (Phi) is 3.25. The molecular weight excluding hydrogens is 276 g/mol. The Morgan fingerprint density at radius 1 is 0.905 bits per heavy atom. The van der Waals surface area contributed by atoms with E-state index in [2.05, 4.69) is 0 Å². The highest BCUT2D eigenvalue weighted by atomic mass is 19.1. The van der Waals surface area contributed by atoms with Gasteiger partial charge in [-0.25, -0.2) is 8.78 Å². The molecule has 0 atom stereocenters. The number of Topliss-reactive ketones (excluding diaryl/α,β-unsaturated/α-hetero) is 1. The lowest BCUT2D eigenvalue weighted by Gasteiger charge is -2.17. The molecule has 106 valence electrons. The SMILES string of the molecule is O=C1C(=O)N(CCc2ccccc2)c2c(F)ccc(F)c21. The van der Waals surface area contributed by atoms with Crippen molar-refractivity contribution in [3.63, 3.8) is 0 Å². The average Bonchev–Trinajstić information content (AvgIpc) is 2.75. The minimum atomic E-state index is -0.991. The summed E-state index contributed by atoms with van der Waals surface area (Å²) in [7, 11) is 0. The quantitative estimate of drug-likeness (QED) is 0.814. The fourth-order valence-electron chi connectivity index (χ4n) is 2.45. The van der Waals surface area contributed by atoms with Crippen molar-refractivity contribution < 1.29 is 18.4 Å². The van der Waals surface area contributed by atoms with Crippen LogP contribution in [0.15, 0.2) is 42.5 Å². The summed E-state index contributed by atoms with van der Waals surface area (Å²) in [5.41, 5.74) is 0.233. The Labute approximate surface area is 119 Å². The zero-order valence-electron chi connectivity index (χ0n) is 11.0. The molecule has 2 aromatic carbocycles. The number of rotatable bonds is 3. The zero-order valence-corrected chi connectivity index (χ0v) is 11.0. The molecule has 0 aromatic heterocycles. The minimum absolute atomic E-state index is 0.127. The van der Waals surface area contributed by atoms with Crippen molar-refractivity contribution in [2.45, 2.75) is 6.42 Å². The van der Waals surface area contributed by atoms with Gasteiger partial charge in [-0.2, -0.15) is 0 Å². The smallest absolute Gasteiger partial charge is 0.299 e. The Bertz CT molecular complexity index is 729. The topological polar surface area (TPSA) is 37.4 Å². The summed E-state index contributed by atoms with van der Waals surface area (Å²) in [5.74, 6) is -3.51. The minimum Gasteiger partial charge on any atom is -0.302 e. The van der Waals surface area contributed by atoms with Crippen LogP contribution in [-0.2, 0) is 11.2 Å². The van der Waals surface area contributed by atoms with E-state index >= 15 is 0 Å². The van der Waals surface area contributed by atoms with Gasteiger partial charge in [0.1, 0.15) is 11.6 Å². The molecule has 0 radical (unpaired) electrons. The second-order valence-electron chi connectivity index (χ2n) is 4.77. The molecule has 21 heavy (non-hydrogen) atoms. The summed E-state index contributed by atoms with van der Waals surface area (Å²) < 4.78 is 27.5. The van der Waals surface area contributed by atoms with Gasteiger partial charge in [0, 0.05) is 6.54 Å². The van der Waals surface area contributed by atoms with Gasteiger partial charge in [0.25, 0.3) is 11.7 Å². The van der Waals surface area contributed by atoms with Crippen molar-refractivity contribution in [3.05, 3.63) is 65.2 Å². The molecule has 1 aliphatic rings. The number of fused-ring (bicyclic) bond motifs is 1. The lowest BCUT2D eigenvalue weighted by molar-refractivity contribution is -0.114. The van der Waals surface area contributed by atoms with Crippen molar-refractivity contribution >= 4 is 17.4 Å². The molecule has 5 heteroatoms. The number of anilines is 1. The third-order valence-corrected chi connectivity index (χ3v) is 3.48. The van der Waals surface area contributed by atoms with E-state index in [-0.39, 0.29) is 12.2 Å². The van der Waals surface area contributed by atoms with Crippen LogP contribution in [-0.4, -0.2) is 18.2 Å². The Hall–Kier alpha value is -2.56. The molecule has 2 aromatic rings. The predicted octanol–water partition coefficient (Wildman–Crippen LogP) is 2.74. The molecule has 1 heterocycles. The van der Waals surface area contributed by atoms with E-state index < -0.39 is 28.9 Å². The fraction of sp³-hybridized carbons (Fsp3) is 0.125. The molecule has 0 saturated heterocycles. The maximum atomic E-state index is 13.9. The van der Waals surface area contributed by atoms with Gasteiger partial charge in [-0.15, -0.1) is 0 Å². The first kappa shape index (κ1) is 13.4. The van der Waals surface area contributed by atoms with Gasteiger partial charge in [0.15, 0.2) is 0 Å². The number of carbonyl (C=O) groups excluding carboxylic acids is 2. The number of nitrogens with zero attached hydrogens (tertiary/aromatic N) is 1. The highest BCUT2D eigenvalue weighted by Crippen LogP contribution is 2.33. The molecule has 0 bridgehead atoms. The molecule has 3 rings (SSSR count). The molecule has 0 aliphatic carbocycles. The highest BCUT2D eigenvalue weighted by Gasteiger charge is 2.40. The first-order valence-corrected chi connectivity index (χ1v) is 6.47. The number of benzene rings is 2. The van der Waals surface area contributed by atoms with E-state index in [4.69, 9.17) is 0 Å². The molecule has 0 saturated carbocycles. The van der Waals surface area contributed by atoms with Crippen LogP contribution in [0.25, 0.3) is 0 Å². The predicted molar refractivity (Wildman–Crippen MR) is 73.2 cm³/mol. The van der Waals surface area contributed by atoms with Crippen LogP contribution < -0.4 is 4.90 Å². The first-order chi connectivity index (χ1) is 10.1. The molecular formula is C16H11F2NO2. The van der Waals surface area contributed by atoms with Crippen LogP contribution in [0.4, 0.5) is 14.5 Å². The fourth-order valence-corrected chi connectivity index (χ4v) is 2.45. The van der Waals surface area contributed by atoms with E-state index in [1.807, 2.05) is 30.3 Å². The van der Waals surface area contributed by atoms with Crippen LogP contribution in [0, 0.1) is 11.6 Å². The largest absolute Gasteiger partial charge is 0.302 e. The van der Waals surface area contributed by atoms with Crippen LogP contribution in [0.3, 0.4) is 0 Å². The molecule has 1 aliphatic heterocycles. The van der Waals surface area contributed by atoms with E-state index in [9.17, 15) is 18.4 Å². The van der Waals surface area contributed by atoms with E-state index in [1.165, 1.54) is 0 Å². The van der Waals surface area contributed by atoms with Crippen molar-refractivity contribution in [2.24, 2.45) is 0 Å². The van der Waals surface area contributed by atoms with Crippen LogP contribution in [0.2, 0.25) is 0 Å². The van der Waals surface area contributed by atoms with Gasteiger partial charge in [-0.05, 0) is 24.1 Å². The number of carbonyl (C=O) groups is 2. The zero-order chi connectivity index (χ0) is 15.0. The van der Waals surface area contributed by atoms with Crippen molar-refractivity contribution in [1.82, 2.24) is 0 Å². The third kappa shape index (κ3) is 2.20. The molecule has 1 amide bonds. The van der Waals surface area contributed by atoms with Crippen LogP contribution >= 0.6 is 0 Å². The average molecular weight is 287 g/mol. The Morgan fingerprint density at radius 3 is 2.29 bits per heavy atom. The van der Waals surface area contributed by atoms with Gasteiger partial charge in [-0.3, -0.25) is 9.59 Å². The van der Waals surface area contributed by atoms with Crippen LogP contribution in [0.5, 0.6) is 0 Å². The maximum Gasteiger partial charge on any atom is 0.299 e.